The van der Waals surface area contributed by atoms with E-state index in [1.165, 1.54) is 0 Å². The van der Waals surface area contributed by atoms with Crippen molar-refractivity contribution in [1.29, 1.82) is 0 Å². The average molecular weight is 320 g/mol. The zero-order valence-electron chi connectivity index (χ0n) is 3.64. The van der Waals surface area contributed by atoms with E-state index in [9.17, 15) is 0 Å². The van der Waals surface area contributed by atoms with Crippen LogP contribution in [-0.4, -0.2) is 0 Å². The first kappa shape index (κ1) is 15.7. The van der Waals surface area contributed by atoms with Crippen LogP contribution in [0.4, 0.5) is 0 Å². The van der Waals surface area contributed by atoms with Crippen LogP contribution in [0.5, 0.6) is 0 Å². The van der Waals surface area contributed by atoms with E-state index < -0.39 is 16.5 Å². The van der Waals surface area contributed by atoms with E-state index in [-0.39, 0.29) is 0 Å². The van der Waals surface area contributed by atoms with Gasteiger partial charge in [-0.2, -0.15) is 0 Å². The summed E-state index contributed by atoms with van der Waals surface area (Å²) in [4.78, 5) is 0. The van der Waals surface area contributed by atoms with Crippen LogP contribution in [0.1, 0.15) is 0 Å². The van der Waals surface area contributed by atoms with Crippen LogP contribution in [0.25, 0.3) is 0 Å². The summed E-state index contributed by atoms with van der Waals surface area (Å²) >= 11 is -0.472. The molecule has 0 saturated heterocycles. The monoisotopic (exact) mass is 319 g/mol. The van der Waals surface area contributed by atoms with Crippen LogP contribution in [0.2, 0.25) is 0 Å². The third-order valence-electron chi connectivity index (χ3n) is 0. The van der Waals surface area contributed by atoms with Crippen LogP contribution >= 0.6 is 18.8 Å². The van der Waals surface area contributed by atoms with E-state index >= 15 is 0 Å². The summed E-state index contributed by atoms with van der Waals surface area (Å²) in [7, 11) is 9.75. The van der Waals surface area contributed by atoms with Gasteiger partial charge in [0.1, 0.15) is 0 Å². The van der Waals surface area contributed by atoms with Gasteiger partial charge in [-0.05, 0) is 0 Å². The Hall–Kier alpha value is 0.748. The fourth-order valence-electron chi connectivity index (χ4n) is 0. The van der Waals surface area contributed by atoms with Crippen LogP contribution < -0.4 is 0 Å². The summed E-state index contributed by atoms with van der Waals surface area (Å²) < 4.78 is 0. The molecule has 0 aromatic carbocycles. The van der Waals surface area contributed by atoms with Gasteiger partial charge in [0.05, 0.1) is 0 Å². The van der Waals surface area contributed by atoms with Gasteiger partial charge in [0, 0.05) is 0 Å². The zero-order valence-corrected chi connectivity index (χ0v) is 7.43. The van der Waals surface area contributed by atoms with Crippen molar-refractivity contribution in [1.82, 2.24) is 0 Å². The van der Waals surface area contributed by atoms with Crippen molar-refractivity contribution in [3.8, 4) is 0 Å². The maximum absolute atomic E-state index is 4.88. The third-order valence-corrected chi connectivity index (χ3v) is 0. The molecule has 0 N–H and O–H groups in total. The van der Waals surface area contributed by atoms with E-state index in [0.29, 0.717) is 0 Å². The second-order valence-corrected chi connectivity index (χ2v) is 3.33. The average Bonchev–Trinajstić information content (AvgIpc) is 1.78. The molecule has 0 radical (unpaired) electrons. The van der Waals surface area contributed by atoms with Gasteiger partial charge in [-0.25, -0.2) is 0 Å². The summed E-state index contributed by atoms with van der Waals surface area (Å²) in [5.41, 5.74) is 0. The molecule has 0 unspecified atom stereocenters. The molecule has 0 rings (SSSR count). The molecule has 0 aliphatic carbocycles. The van der Waals surface area contributed by atoms with E-state index in [2.05, 4.69) is 26.3 Å². The zero-order chi connectivity index (χ0) is 6.71. The van der Waals surface area contributed by atoms with Crippen molar-refractivity contribution in [2.75, 3.05) is 0 Å². The number of halogens is 2. The predicted molar refractivity (Wildman–Crippen MR) is 31.6 cm³/mol. The summed E-state index contributed by atoms with van der Waals surface area (Å²) in [5, 5.41) is 0. The third kappa shape index (κ3) is 272. The van der Waals surface area contributed by atoms with E-state index in [1.54, 1.807) is 0 Å². The van der Waals surface area contributed by atoms with Gasteiger partial charge in [-0.3, -0.25) is 13.2 Å². The quantitative estimate of drug-likeness (QED) is 0.602. The Morgan fingerprint density at radius 2 is 1.00 bits per heavy atom. The standard InChI is InChI=1S/2C2H3.2ClH.Pt/c2*1-2;;;/h2*1H,2H2;2*1H;/q2*-1;;;+2/p-2. The normalized spacial score (nSPS) is 4.29. The van der Waals surface area contributed by atoms with Gasteiger partial charge < -0.3 is 13.2 Å². The number of rotatable bonds is 0. The summed E-state index contributed by atoms with van der Waals surface area (Å²) in [5.74, 6) is 0. The first-order chi connectivity index (χ1) is 3.41. The van der Waals surface area contributed by atoms with Gasteiger partial charge in [-0.15, -0.1) is 0 Å². The minimum absolute atomic E-state index is 0.472. The van der Waals surface area contributed by atoms with Gasteiger partial charge in [-0.1, -0.05) is 0 Å². The molecule has 0 atom stereocenters. The second kappa shape index (κ2) is 73.0. The van der Waals surface area contributed by atoms with Crippen molar-refractivity contribution >= 4 is 18.8 Å². The molecule has 0 spiro atoms. The topological polar surface area (TPSA) is 0 Å². The van der Waals surface area contributed by atoms with Crippen LogP contribution in [0.15, 0.2) is 13.2 Å². The molecule has 0 aliphatic heterocycles. The van der Waals surface area contributed by atoms with E-state index in [1.807, 2.05) is 0 Å². The molecule has 0 fully saturated rings. The molecule has 0 heterocycles. The SMILES string of the molecule is [CH-]=C.[CH-]=C.[Cl][Pt][Cl]. The number of hydrogen-bond donors (Lipinski definition) is 0. The Labute approximate surface area is 61.6 Å². The van der Waals surface area contributed by atoms with Gasteiger partial charge >= 0.3 is 35.3 Å². The Bertz CT molecular complexity index is 17.2. The van der Waals surface area contributed by atoms with Crippen molar-refractivity contribution < 1.29 is 16.5 Å². The van der Waals surface area contributed by atoms with Crippen molar-refractivity contribution in [3.05, 3.63) is 26.3 Å². The molecular weight excluding hydrogens is 314 g/mol. The Balaban J connectivity index is -0.0000000360. The molecule has 0 aromatic rings. The molecule has 0 nitrogen and oxygen atoms in total. The van der Waals surface area contributed by atoms with Crippen LogP contribution in [0, 0.1) is 13.2 Å². The summed E-state index contributed by atoms with van der Waals surface area (Å²) in [6.07, 6.45) is 0. The first-order valence-corrected chi connectivity index (χ1v) is 6.69. The molecule has 0 aliphatic rings. The number of hydrogen-bond acceptors (Lipinski definition) is 0. The van der Waals surface area contributed by atoms with E-state index in [0.717, 1.165) is 0 Å². The van der Waals surface area contributed by atoms with Crippen molar-refractivity contribution in [2.24, 2.45) is 0 Å². The Morgan fingerprint density at radius 1 is 1.00 bits per heavy atom. The summed E-state index contributed by atoms with van der Waals surface area (Å²) in [6, 6.07) is 0. The second-order valence-electron chi connectivity index (χ2n) is 0.0452. The Morgan fingerprint density at radius 3 is 1.00 bits per heavy atom. The molecule has 0 saturated carbocycles. The minimum atomic E-state index is -0.472. The molecule has 7 heavy (non-hydrogen) atoms. The predicted octanol–water partition coefficient (Wildman–Crippen LogP) is 2.59. The van der Waals surface area contributed by atoms with Gasteiger partial charge in [0.15, 0.2) is 0 Å². The molecular formula is C4H6Cl2Pt-2. The molecule has 3 heteroatoms. The van der Waals surface area contributed by atoms with Gasteiger partial charge in [0.25, 0.3) is 0 Å². The van der Waals surface area contributed by atoms with E-state index in [4.69, 9.17) is 18.8 Å². The molecule has 48 valence electrons. The fourth-order valence-corrected chi connectivity index (χ4v) is 0. The molecule has 0 aromatic heterocycles. The van der Waals surface area contributed by atoms with Crippen LogP contribution in [0.3, 0.4) is 0 Å². The summed E-state index contributed by atoms with van der Waals surface area (Å²) in [6.45, 7) is 14.0. The first-order valence-electron chi connectivity index (χ1n) is 1.06. The van der Waals surface area contributed by atoms with Gasteiger partial charge in [0.2, 0.25) is 0 Å². The van der Waals surface area contributed by atoms with Crippen molar-refractivity contribution in [3.63, 3.8) is 0 Å². The maximum atomic E-state index is 4.88. The Kier molecular flexibility index (Phi) is 163. The fraction of sp³-hybridized carbons (Fsp3) is 0. The molecule has 0 bridgehead atoms. The molecule has 0 amide bonds. The van der Waals surface area contributed by atoms with Crippen molar-refractivity contribution in [2.45, 2.75) is 0 Å². The van der Waals surface area contributed by atoms with Crippen LogP contribution in [-0.2, 0) is 16.5 Å².